The van der Waals surface area contributed by atoms with E-state index in [1.807, 2.05) is 31.9 Å². The van der Waals surface area contributed by atoms with Gasteiger partial charge in [-0.3, -0.25) is 0 Å². The molecular weight excluding hydrogens is 420 g/mol. The Balaban J connectivity index is 1.15. The van der Waals surface area contributed by atoms with Gasteiger partial charge in [-0.2, -0.15) is 0 Å². The van der Waals surface area contributed by atoms with Crippen molar-refractivity contribution in [3.8, 4) is 5.88 Å². The van der Waals surface area contributed by atoms with Gasteiger partial charge in [0.15, 0.2) is 0 Å². The molecule has 1 aliphatic carbocycles. The van der Waals surface area contributed by atoms with Gasteiger partial charge in [0, 0.05) is 56.0 Å². The first-order chi connectivity index (χ1) is 15.8. The third-order valence-corrected chi connectivity index (χ3v) is 7.16. The monoisotopic (exact) mass is 458 g/mol. The number of carbonyl (C=O) groups excluding carboxylic acids is 1. The molecule has 4 fully saturated rings. The molecule has 5 rings (SSSR count). The highest BCUT2D eigenvalue weighted by atomic mass is 16.6. The van der Waals surface area contributed by atoms with E-state index in [0.717, 1.165) is 57.3 Å². The quantitative estimate of drug-likeness (QED) is 0.725. The first-order valence-electron chi connectivity index (χ1n) is 12.6. The summed E-state index contributed by atoms with van der Waals surface area (Å²) in [6.45, 7) is 9.25. The fraction of sp³-hybridized carbons (Fsp3) is 0.760. The van der Waals surface area contributed by atoms with Gasteiger partial charge >= 0.3 is 6.09 Å². The molecule has 33 heavy (non-hydrogen) atoms. The second-order valence-corrected chi connectivity index (χ2v) is 10.9. The van der Waals surface area contributed by atoms with Gasteiger partial charge in [0.2, 0.25) is 5.88 Å². The van der Waals surface area contributed by atoms with E-state index in [1.54, 1.807) is 0 Å². The summed E-state index contributed by atoms with van der Waals surface area (Å²) in [6, 6.07) is 4.73. The van der Waals surface area contributed by atoms with E-state index in [-0.39, 0.29) is 12.2 Å². The summed E-state index contributed by atoms with van der Waals surface area (Å²) < 4.78 is 18.0. The van der Waals surface area contributed by atoms with Crippen molar-refractivity contribution in [2.24, 2.45) is 0 Å². The molecule has 1 N–H and O–H groups in total. The molecular formula is C25H38N4O4. The second-order valence-electron chi connectivity index (χ2n) is 10.9. The van der Waals surface area contributed by atoms with Gasteiger partial charge in [0.1, 0.15) is 11.7 Å². The van der Waals surface area contributed by atoms with E-state index in [0.29, 0.717) is 43.3 Å². The van der Waals surface area contributed by atoms with Crippen LogP contribution >= 0.6 is 0 Å². The molecule has 8 heteroatoms. The van der Waals surface area contributed by atoms with Crippen molar-refractivity contribution in [1.29, 1.82) is 0 Å². The van der Waals surface area contributed by atoms with Crippen LogP contribution in [-0.2, 0) is 9.47 Å². The van der Waals surface area contributed by atoms with Gasteiger partial charge in [-0.05, 0) is 65.6 Å². The number of piperidine rings is 1. The van der Waals surface area contributed by atoms with Crippen molar-refractivity contribution in [1.82, 2.24) is 15.2 Å². The maximum absolute atomic E-state index is 12.6. The number of aromatic nitrogens is 1. The topological polar surface area (TPSA) is 76.2 Å². The van der Waals surface area contributed by atoms with Crippen LogP contribution in [0.25, 0.3) is 0 Å². The third-order valence-electron chi connectivity index (χ3n) is 7.16. The number of nitrogens with zero attached hydrogens (tertiary/aromatic N) is 3. The van der Waals surface area contributed by atoms with E-state index >= 15 is 0 Å². The normalized spacial score (nSPS) is 30.2. The summed E-state index contributed by atoms with van der Waals surface area (Å²) in [6.07, 6.45) is 8.79. The lowest BCUT2D eigenvalue weighted by molar-refractivity contribution is -0.103. The number of anilines is 1. The van der Waals surface area contributed by atoms with Crippen molar-refractivity contribution in [3.05, 3.63) is 18.3 Å². The Labute approximate surface area is 196 Å². The molecule has 4 heterocycles. The molecule has 1 amide bonds. The second kappa shape index (κ2) is 9.29. The van der Waals surface area contributed by atoms with Crippen LogP contribution in [-0.4, -0.2) is 78.2 Å². The molecule has 0 radical (unpaired) electrons. The number of hydrogen-bond acceptors (Lipinski definition) is 7. The van der Waals surface area contributed by atoms with Crippen molar-refractivity contribution >= 4 is 11.8 Å². The highest BCUT2D eigenvalue weighted by molar-refractivity contribution is 5.69. The first-order valence-corrected chi connectivity index (χ1v) is 12.6. The Morgan fingerprint density at radius 1 is 1.03 bits per heavy atom. The molecule has 0 spiro atoms. The standard InChI is InChI=1S/C25H38N4O4/c1-25(2,3)33-24(30)28-15-18-4-5-19(16-28)29(18)17-6-11-27-23(12-17)32-22-13-21(14-22)31-20-7-9-26-10-8-20/h6,11-12,18-22,26H,4-5,7-10,13-16H2,1-3H3/t18?,19?,21-,22-. The number of fused-ring (bicyclic) bond motifs is 2. The zero-order valence-corrected chi connectivity index (χ0v) is 20.2. The minimum absolute atomic E-state index is 0.181. The van der Waals surface area contributed by atoms with E-state index in [9.17, 15) is 4.79 Å². The smallest absolute Gasteiger partial charge is 0.410 e. The van der Waals surface area contributed by atoms with Crippen molar-refractivity contribution in [3.63, 3.8) is 0 Å². The van der Waals surface area contributed by atoms with Crippen LogP contribution < -0.4 is 15.0 Å². The summed E-state index contributed by atoms with van der Waals surface area (Å²) in [5.74, 6) is 0.687. The summed E-state index contributed by atoms with van der Waals surface area (Å²) >= 11 is 0. The van der Waals surface area contributed by atoms with Gasteiger partial charge in [-0.25, -0.2) is 9.78 Å². The van der Waals surface area contributed by atoms with Crippen LogP contribution in [0.3, 0.4) is 0 Å². The predicted octanol–water partition coefficient (Wildman–Crippen LogP) is 3.35. The van der Waals surface area contributed by atoms with Gasteiger partial charge in [-0.1, -0.05) is 0 Å². The summed E-state index contributed by atoms with van der Waals surface area (Å²) in [5.41, 5.74) is 0.669. The molecule has 2 bridgehead atoms. The average Bonchev–Trinajstić information content (AvgIpc) is 3.01. The molecule has 1 saturated carbocycles. The number of likely N-dealkylation sites (tertiary alicyclic amines) is 1. The Morgan fingerprint density at radius 3 is 2.39 bits per heavy atom. The van der Waals surface area contributed by atoms with Gasteiger partial charge in [0.05, 0.1) is 12.2 Å². The minimum Gasteiger partial charge on any atom is -0.474 e. The highest BCUT2D eigenvalue weighted by Crippen LogP contribution is 2.37. The molecule has 182 valence electrons. The molecule has 2 unspecified atom stereocenters. The van der Waals surface area contributed by atoms with Crippen LogP contribution in [0.2, 0.25) is 0 Å². The summed E-state index contributed by atoms with van der Waals surface area (Å²) in [4.78, 5) is 21.4. The molecule has 3 aliphatic heterocycles. The average molecular weight is 459 g/mol. The van der Waals surface area contributed by atoms with E-state index in [1.165, 1.54) is 0 Å². The van der Waals surface area contributed by atoms with Crippen LogP contribution in [0.15, 0.2) is 18.3 Å². The van der Waals surface area contributed by atoms with Gasteiger partial charge in [-0.15, -0.1) is 0 Å². The molecule has 0 aromatic carbocycles. The van der Waals surface area contributed by atoms with E-state index in [2.05, 4.69) is 27.3 Å². The van der Waals surface area contributed by atoms with Gasteiger partial charge in [0.25, 0.3) is 0 Å². The number of piperazine rings is 1. The number of rotatable bonds is 5. The van der Waals surface area contributed by atoms with E-state index < -0.39 is 5.60 Å². The molecule has 1 aromatic heterocycles. The Morgan fingerprint density at radius 2 is 1.73 bits per heavy atom. The fourth-order valence-corrected chi connectivity index (χ4v) is 5.52. The molecule has 1 aromatic rings. The van der Waals surface area contributed by atoms with E-state index in [4.69, 9.17) is 14.2 Å². The zero-order valence-electron chi connectivity index (χ0n) is 20.2. The first kappa shape index (κ1) is 22.7. The van der Waals surface area contributed by atoms with Crippen LogP contribution in [0.1, 0.15) is 59.3 Å². The highest BCUT2D eigenvalue weighted by Gasteiger charge is 2.43. The van der Waals surface area contributed by atoms with Crippen LogP contribution in [0, 0.1) is 0 Å². The van der Waals surface area contributed by atoms with Crippen LogP contribution in [0.4, 0.5) is 10.5 Å². The lowest BCUT2D eigenvalue weighted by Gasteiger charge is -2.42. The zero-order chi connectivity index (χ0) is 23.0. The molecule has 3 saturated heterocycles. The van der Waals surface area contributed by atoms with Crippen LogP contribution in [0.5, 0.6) is 5.88 Å². The van der Waals surface area contributed by atoms with Crippen molar-refractivity contribution in [2.75, 3.05) is 31.1 Å². The lowest BCUT2D eigenvalue weighted by atomic mass is 9.91. The summed E-state index contributed by atoms with van der Waals surface area (Å²) in [7, 11) is 0. The molecule has 8 nitrogen and oxygen atoms in total. The fourth-order valence-electron chi connectivity index (χ4n) is 5.52. The molecule has 2 atom stereocenters. The maximum atomic E-state index is 12.6. The number of hydrogen-bond donors (Lipinski definition) is 1. The van der Waals surface area contributed by atoms with Crippen molar-refractivity contribution in [2.45, 2.75) is 95.3 Å². The number of nitrogens with one attached hydrogen (secondary N) is 1. The maximum Gasteiger partial charge on any atom is 0.410 e. The Kier molecular flexibility index (Phi) is 6.40. The minimum atomic E-state index is -0.468. The Hall–Kier alpha value is -2.06. The van der Waals surface area contributed by atoms with Gasteiger partial charge < -0.3 is 29.3 Å². The largest absolute Gasteiger partial charge is 0.474 e. The number of pyridine rings is 1. The van der Waals surface area contributed by atoms with Crippen molar-refractivity contribution < 1.29 is 19.0 Å². The Bertz CT molecular complexity index is 818. The lowest BCUT2D eigenvalue weighted by Crippen LogP contribution is -2.56. The number of carbonyl (C=O) groups is 1. The molecule has 4 aliphatic rings. The third kappa shape index (κ3) is 5.38. The number of amides is 1. The SMILES string of the molecule is CC(C)(C)OC(=O)N1CC2CCC(C1)N2c1ccnc(O[C@H]2C[C@H](OC3CCNCC3)C2)c1. The number of ether oxygens (including phenoxy) is 3. The summed E-state index contributed by atoms with van der Waals surface area (Å²) in [5, 5.41) is 3.38. The predicted molar refractivity (Wildman–Crippen MR) is 126 cm³/mol.